The Hall–Kier alpha value is -1.63. The van der Waals surface area contributed by atoms with E-state index in [1.807, 2.05) is 32.1 Å². The Labute approximate surface area is 370 Å². The third kappa shape index (κ3) is 34.8. The van der Waals surface area contributed by atoms with Gasteiger partial charge in [0.1, 0.15) is 15.9 Å². The molecule has 1 fully saturated rings. The van der Waals surface area contributed by atoms with Gasteiger partial charge >= 0.3 is 55.6 Å². The van der Waals surface area contributed by atoms with E-state index >= 15 is 0 Å². The zero-order valence-electron chi connectivity index (χ0n) is 28.5. The first-order chi connectivity index (χ1) is 24.3. The first kappa shape index (κ1) is 59.1. The van der Waals surface area contributed by atoms with Gasteiger partial charge in [-0.25, -0.2) is 0 Å². The number of hydrogen-bond acceptors (Lipinski definition) is 1. The summed E-state index contributed by atoms with van der Waals surface area (Å²) in [5.41, 5.74) is 0. The van der Waals surface area contributed by atoms with E-state index in [2.05, 4.69) is 165 Å². The molecule has 0 heterocycles. The van der Waals surface area contributed by atoms with Crippen LogP contribution >= 0.6 is 24.3 Å². The second-order valence-corrected chi connectivity index (χ2v) is 15.3. The predicted octanol–water partition coefficient (Wildman–Crippen LogP) is 10.3. The van der Waals surface area contributed by atoms with Crippen LogP contribution in [0.3, 0.4) is 0 Å². The molecule has 285 valence electrons. The van der Waals surface area contributed by atoms with Crippen molar-refractivity contribution in [2.24, 2.45) is 0 Å². The Morgan fingerprint density at radius 3 is 0.852 bits per heavy atom. The van der Waals surface area contributed by atoms with Gasteiger partial charge in [0.25, 0.3) is 0 Å². The van der Waals surface area contributed by atoms with Crippen molar-refractivity contribution < 1.29 is 108 Å². The molecule has 6 rings (SSSR count). The number of halogens is 6. The standard InChI is InChI=1S/C18H15P.C12H11P.C5H5.C2H3N.2CO.F6P.Mo.Pt.U/c1-4-10-16(11-5-1)19(17-12-6-2-7-13-17)18-14-8-3-9-15-18;1-3-7-11(8-4-1)13-12-9-5-2-6-10-12;1-2-4-5-3-1;1-2-3;2*1-2;1-7(2,3,4,5)6;;;/h1-15H;1-10,13H;1-5H;1H3;;;;;;/q;;;;;;-1;;;/p+1. The average molecular weight is 1290 g/mol. The van der Waals surface area contributed by atoms with Crippen molar-refractivity contribution in [3.8, 4) is 6.07 Å². The second kappa shape index (κ2) is 32.5. The third-order valence-electron chi connectivity index (χ3n) is 5.58. The molecule has 54 heavy (non-hydrogen) atoms. The summed E-state index contributed by atoms with van der Waals surface area (Å²) in [5, 5.41) is 14.4. The van der Waals surface area contributed by atoms with Gasteiger partial charge in [0.2, 0.25) is 0 Å². The first-order valence-electron chi connectivity index (χ1n) is 14.6. The fourth-order valence-corrected chi connectivity index (χ4v) is 7.47. The zero-order valence-corrected chi connectivity index (χ0v) is 39.9. The van der Waals surface area contributed by atoms with Gasteiger partial charge in [0.15, 0.2) is 0 Å². The summed E-state index contributed by atoms with van der Waals surface area (Å²) in [7, 11) is -10.8. The summed E-state index contributed by atoms with van der Waals surface area (Å²) in [4.78, 5) is 0. The predicted molar refractivity (Wildman–Crippen MR) is 201 cm³/mol. The maximum Gasteiger partial charge on any atom is 0.102 e. The van der Waals surface area contributed by atoms with Crippen molar-refractivity contribution in [2.75, 3.05) is 0 Å². The molecule has 1 saturated carbocycles. The molecule has 0 unspecified atom stereocenters. The van der Waals surface area contributed by atoms with E-state index in [1.54, 1.807) is 6.07 Å². The molecule has 0 spiro atoms. The van der Waals surface area contributed by atoms with Crippen molar-refractivity contribution in [3.05, 3.63) is 197 Å². The van der Waals surface area contributed by atoms with Gasteiger partial charge in [-0.2, -0.15) is 5.26 Å². The fourth-order valence-electron chi connectivity index (χ4n) is 3.84. The number of nitrogens with zero attached hydrogens (tertiary/aromatic N) is 1. The quantitative estimate of drug-likeness (QED) is 0.0569. The van der Waals surface area contributed by atoms with Crippen LogP contribution in [0.25, 0.3) is 0 Å². The number of rotatable bonds is 5. The molecular formula is C39H35F6MoNO2P3PtU. The average Bonchev–Trinajstić information content (AvgIpc) is 3.73. The van der Waals surface area contributed by atoms with Gasteiger partial charge in [0, 0.05) is 80.2 Å². The molecule has 0 aliphatic heterocycles. The molecular weight excluding hydrogens is 1250 g/mol. The Kier molecular flexibility index (Phi) is 35.5. The normalized spacial score (nSPS) is 11.5. The summed E-state index contributed by atoms with van der Waals surface area (Å²) in [6.07, 6.45) is 10.0. The Balaban J connectivity index is -0.000000312. The minimum absolute atomic E-state index is 0. The van der Waals surface area contributed by atoms with Crippen LogP contribution in [-0.4, -0.2) is 0 Å². The van der Waals surface area contributed by atoms with Gasteiger partial charge in [-0.15, -0.1) is 0 Å². The van der Waals surface area contributed by atoms with Gasteiger partial charge in [0.05, 0.1) is 14.0 Å². The molecule has 1 aliphatic rings. The van der Waals surface area contributed by atoms with Gasteiger partial charge in [-0.1, -0.05) is 124 Å². The van der Waals surface area contributed by atoms with E-state index in [4.69, 9.17) is 14.6 Å². The Bertz CT molecular complexity index is 1530. The van der Waals surface area contributed by atoms with E-state index < -0.39 is 15.7 Å². The van der Waals surface area contributed by atoms with Crippen molar-refractivity contribution in [1.29, 1.82) is 5.26 Å². The summed E-state index contributed by atoms with van der Waals surface area (Å²) in [6.45, 7) is 10.4. The zero-order chi connectivity index (χ0) is 38.5. The molecule has 1 aliphatic carbocycles. The van der Waals surface area contributed by atoms with Crippen molar-refractivity contribution in [1.82, 2.24) is 0 Å². The summed E-state index contributed by atoms with van der Waals surface area (Å²) < 4.78 is 74.2. The van der Waals surface area contributed by atoms with Crippen LogP contribution in [0.15, 0.2) is 152 Å². The maximum absolute atomic E-state index is 10.7. The minimum atomic E-state index is -10.7. The number of nitriles is 1. The molecule has 5 aromatic carbocycles. The molecule has 0 N–H and O–H groups in total. The molecule has 0 saturated heterocycles. The van der Waals surface area contributed by atoms with Gasteiger partial charge < -0.3 is 0 Å². The van der Waals surface area contributed by atoms with E-state index in [-0.39, 0.29) is 73.2 Å². The molecule has 0 aromatic heterocycles. The molecule has 0 amide bonds. The topological polar surface area (TPSA) is 63.6 Å². The molecule has 3 nitrogen and oxygen atoms in total. The Morgan fingerprint density at radius 1 is 0.500 bits per heavy atom. The summed E-state index contributed by atoms with van der Waals surface area (Å²) in [6, 6.07) is 55.4. The maximum atomic E-state index is 9.87. The summed E-state index contributed by atoms with van der Waals surface area (Å²) in [5.74, 6) is 0. The molecule has 5 aromatic rings. The second-order valence-electron chi connectivity index (χ2n) is 9.47. The van der Waals surface area contributed by atoms with Gasteiger partial charge in [-0.05, 0) is 79.1 Å². The molecule has 0 atom stereocenters. The molecule has 15 heteroatoms. The number of benzene rings is 5. The van der Waals surface area contributed by atoms with E-state index in [9.17, 15) is 25.2 Å². The van der Waals surface area contributed by atoms with Crippen molar-refractivity contribution in [3.63, 3.8) is 0 Å². The smallest absolute Gasteiger partial charge is 0.0622 e. The Morgan fingerprint density at radius 2 is 0.667 bits per heavy atom. The SMILES string of the molecule is CC#N.F[P-](F)(F)(F)(F)F.[C-]#[O+].[C-]#[O+].[CH]1[CH][CH][CH][CH]1.[Mo].[Pt].[U].c1ccc(Pc2ccccc2)cc1.c1ccc([PH+](c2ccccc2)c2ccccc2)cc1. The summed E-state index contributed by atoms with van der Waals surface area (Å²) >= 11 is 0. The van der Waals surface area contributed by atoms with Crippen molar-refractivity contribution >= 4 is 50.8 Å². The largest absolute Gasteiger partial charge is 0.102 e. The van der Waals surface area contributed by atoms with E-state index in [0.29, 0.717) is 0 Å². The van der Waals surface area contributed by atoms with Crippen LogP contribution in [0.1, 0.15) is 6.92 Å². The van der Waals surface area contributed by atoms with E-state index in [1.165, 1.54) is 33.4 Å². The fraction of sp³-hybridized carbons (Fsp3) is 0.0256. The van der Waals surface area contributed by atoms with Crippen LogP contribution in [0.4, 0.5) is 25.2 Å². The van der Waals surface area contributed by atoms with Crippen LogP contribution in [0.5, 0.6) is 0 Å². The van der Waals surface area contributed by atoms with Crippen molar-refractivity contribution in [2.45, 2.75) is 6.92 Å². The van der Waals surface area contributed by atoms with Crippen LogP contribution in [0, 0.1) is 87.8 Å². The first-order valence-corrected chi connectivity index (χ1v) is 19.1. The van der Waals surface area contributed by atoms with Gasteiger partial charge in [-0.3, -0.25) is 0 Å². The monoisotopic (exact) mass is 1290 g/mol. The van der Waals surface area contributed by atoms with Crippen LogP contribution in [-0.2, 0) is 51.4 Å². The molecule has 0 bridgehead atoms. The van der Waals surface area contributed by atoms with Crippen LogP contribution in [0.2, 0.25) is 0 Å². The molecule has 5 radical (unpaired) electrons. The number of hydrogen-bond donors (Lipinski definition) is 0. The third-order valence-corrected chi connectivity index (χ3v) is 9.56. The van der Waals surface area contributed by atoms with Crippen LogP contribution < -0.4 is 26.5 Å². The minimum Gasteiger partial charge on any atom is -0.0622 e. The van der Waals surface area contributed by atoms with E-state index in [0.717, 1.165) is 8.58 Å².